The first-order valence-electron chi connectivity index (χ1n) is 4.74. The van der Waals surface area contributed by atoms with Gasteiger partial charge in [-0.15, -0.1) is 0 Å². The molecule has 5 nitrogen and oxygen atoms in total. The summed E-state index contributed by atoms with van der Waals surface area (Å²) in [6, 6.07) is 3.51. The van der Waals surface area contributed by atoms with Crippen LogP contribution in [0.5, 0.6) is 11.6 Å². The second kappa shape index (κ2) is 5.25. The van der Waals surface area contributed by atoms with Crippen molar-refractivity contribution in [2.45, 2.75) is 0 Å². The number of benzene rings is 1. The molecule has 0 bridgehead atoms. The topological polar surface area (TPSA) is 72.3 Å². The highest BCUT2D eigenvalue weighted by Crippen LogP contribution is 2.25. The molecule has 0 aliphatic carbocycles. The van der Waals surface area contributed by atoms with Crippen LogP contribution >= 0.6 is 22.6 Å². The Morgan fingerprint density at radius 2 is 2.22 bits per heavy atom. The standard InChI is InChI=1S/C11H6FIN2O3/c12-8-3-6(1-2-7(8)11(16)17)18-10-9(13)4-14-5-15-10/h1-5H,(H,16,17). The summed E-state index contributed by atoms with van der Waals surface area (Å²) in [7, 11) is 0. The fraction of sp³-hybridized carbons (Fsp3) is 0. The summed E-state index contributed by atoms with van der Waals surface area (Å²) in [6.45, 7) is 0. The molecule has 0 saturated carbocycles. The molecule has 1 N–H and O–H groups in total. The van der Waals surface area contributed by atoms with Gasteiger partial charge in [-0.25, -0.2) is 19.2 Å². The molecule has 0 unspecified atom stereocenters. The molecule has 0 aliphatic heterocycles. The first-order chi connectivity index (χ1) is 8.58. The largest absolute Gasteiger partial charge is 0.478 e. The number of hydrogen-bond acceptors (Lipinski definition) is 4. The molecule has 0 amide bonds. The lowest BCUT2D eigenvalue weighted by molar-refractivity contribution is 0.0692. The minimum absolute atomic E-state index is 0.175. The average Bonchev–Trinajstić information content (AvgIpc) is 2.32. The second-order valence-electron chi connectivity index (χ2n) is 3.22. The van der Waals surface area contributed by atoms with Crippen molar-refractivity contribution in [1.29, 1.82) is 0 Å². The van der Waals surface area contributed by atoms with Crippen LogP contribution in [0, 0.1) is 9.39 Å². The van der Waals surface area contributed by atoms with E-state index in [1.54, 1.807) is 6.20 Å². The van der Waals surface area contributed by atoms with Gasteiger partial charge < -0.3 is 9.84 Å². The summed E-state index contributed by atoms with van der Waals surface area (Å²) < 4.78 is 19.4. The van der Waals surface area contributed by atoms with Crippen LogP contribution in [-0.4, -0.2) is 21.0 Å². The van der Waals surface area contributed by atoms with Crippen LogP contribution in [0.4, 0.5) is 4.39 Å². The van der Waals surface area contributed by atoms with Crippen LogP contribution in [0.2, 0.25) is 0 Å². The minimum atomic E-state index is -1.32. The summed E-state index contributed by atoms with van der Waals surface area (Å²) >= 11 is 1.98. The number of ether oxygens (including phenoxy) is 1. The number of aromatic nitrogens is 2. The van der Waals surface area contributed by atoms with E-state index in [1.807, 2.05) is 22.6 Å². The fourth-order valence-corrected chi connectivity index (χ4v) is 1.63. The average molecular weight is 360 g/mol. The molecule has 2 aromatic rings. The number of aromatic carboxylic acids is 1. The lowest BCUT2D eigenvalue weighted by Crippen LogP contribution is -2.00. The zero-order valence-electron chi connectivity index (χ0n) is 8.80. The molecule has 0 fully saturated rings. The van der Waals surface area contributed by atoms with Gasteiger partial charge in [-0.2, -0.15) is 0 Å². The molecule has 18 heavy (non-hydrogen) atoms. The van der Waals surface area contributed by atoms with Crippen LogP contribution in [0.25, 0.3) is 0 Å². The molecule has 1 aromatic heterocycles. The van der Waals surface area contributed by atoms with E-state index in [0.29, 0.717) is 3.57 Å². The number of rotatable bonds is 3. The number of hydrogen-bond donors (Lipinski definition) is 1. The molecule has 7 heteroatoms. The third kappa shape index (κ3) is 2.73. The summed E-state index contributed by atoms with van der Waals surface area (Å²) in [5.74, 6) is -1.72. The first-order valence-corrected chi connectivity index (χ1v) is 5.82. The van der Waals surface area contributed by atoms with Crippen LogP contribution < -0.4 is 4.74 Å². The normalized spacial score (nSPS) is 10.1. The molecule has 0 spiro atoms. The van der Waals surface area contributed by atoms with Crippen molar-refractivity contribution in [2.75, 3.05) is 0 Å². The van der Waals surface area contributed by atoms with Gasteiger partial charge in [0.2, 0.25) is 5.88 Å². The number of halogens is 2. The molecule has 2 rings (SSSR count). The summed E-state index contributed by atoms with van der Waals surface area (Å²) in [6.07, 6.45) is 2.85. The van der Waals surface area contributed by atoms with Gasteiger partial charge in [0.05, 0.1) is 9.13 Å². The Hall–Kier alpha value is -1.77. The Morgan fingerprint density at radius 1 is 1.44 bits per heavy atom. The fourth-order valence-electron chi connectivity index (χ4n) is 1.22. The van der Waals surface area contributed by atoms with Crippen LogP contribution in [0.15, 0.2) is 30.7 Å². The number of carbonyl (C=O) groups is 1. The molecule has 0 radical (unpaired) electrons. The predicted octanol–water partition coefficient (Wildman–Crippen LogP) is 2.71. The lowest BCUT2D eigenvalue weighted by Gasteiger charge is -2.06. The quantitative estimate of drug-likeness (QED) is 0.853. The van der Waals surface area contributed by atoms with Gasteiger partial charge in [0.1, 0.15) is 17.9 Å². The summed E-state index contributed by atoms with van der Waals surface area (Å²) in [5.41, 5.74) is -0.403. The van der Waals surface area contributed by atoms with Crippen molar-refractivity contribution < 1.29 is 19.0 Å². The smallest absolute Gasteiger partial charge is 0.338 e. The Morgan fingerprint density at radius 3 is 2.83 bits per heavy atom. The molecule has 0 aliphatic rings. The molecule has 0 atom stereocenters. The van der Waals surface area contributed by atoms with E-state index >= 15 is 0 Å². The van der Waals surface area contributed by atoms with Crippen LogP contribution in [0.3, 0.4) is 0 Å². The van der Waals surface area contributed by atoms with E-state index in [-0.39, 0.29) is 11.6 Å². The van der Waals surface area contributed by atoms with Crippen LogP contribution in [0.1, 0.15) is 10.4 Å². The molecule has 0 saturated heterocycles. The van der Waals surface area contributed by atoms with Gasteiger partial charge in [-0.1, -0.05) is 0 Å². The highest BCUT2D eigenvalue weighted by atomic mass is 127. The zero-order chi connectivity index (χ0) is 13.1. The molecule has 1 heterocycles. The van der Waals surface area contributed by atoms with Gasteiger partial charge in [0, 0.05) is 12.3 Å². The van der Waals surface area contributed by atoms with E-state index in [1.165, 1.54) is 12.4 Å². The monoisotopic (exact) mass is 360 g/mol. The maximum absolute atomic E-state index is 13.4. The third-order valence-corrected chi connectivity index (χ3v) is 2.76. The van der Waals surface area contributed by atoms with Gasteiger partial charge in [-0.05, 0) is 34.7 Å². The maximum Gasteiger partial charge on any atom is 0.338 e. The van der Waals surface area contributed by atoms with Gasteiger partial charge in [0.15, 0.2) is 0 Å². The van der Waals surface area contributed by atoms with Crippen molar-refractivity contribution in [3.05, 3.63) is 45.7 Å². The first kappa shape index (κ1) is 12.7. The van der Waals surface area contributed by atoms with Crippen molar-refractivity contribution in [1.82, 2.24) is 9.97 Å². The molecule has 92 valence electrons. The Bertz CT molecular complexity index is 607. The second-order valence-corrected chi connectivity index (χ2v) is 4.39. The maximum atomic E-state index is 13.4. The zero-order valence-corrected chi connectivity index (χ0v) is 11.0. The van der Waals surface area contributed by atoms with Crippen molar-refractivity contribution in [2.24, 2.45) is 0 Å². The van der Waals surface area contributed by atoms with Gasteiger partial charge in [0.25, 0.3) is 0 Å². The minimum Gasteiger partial charge on any atom is -0.478 e. The summed E-state index contributed by atoms with van der Waals surface area (Å²) in [5, 5.41) is 8.69. The third-order valence-electron chi connectivity index (χ3n) is 2.02. The number of nitrogens with zero attached hydrogens (tertiary/aromatic N) is 2. The Labute approximate surface area is 115 Å². The van der Waals surface area contributed by atoms with Gasteiger partial charge >= 0.3 is 5.97 Å². The molecule has 1 aromatic carbocycles. The highest BCUT2D eigenvalue weighted by Gasteiger charge is 2.12. The van der Waals surface area contributed by atoms with Crippen molar-refractivity contribution in [3.8, 4) is 11.6 Å². The Balaban J connectivity index is 2.29. The van der Waals surface area contributed by atoms with E-state index in [0.717, 1.165) is 12.1 Å². The van der Waals surface area contributed by atoms with Crippen molar-refractivity contribution >= 4 is 28.6 Å². The van der Waals surface area contributed by atoms with E-state index < -0.39 is 17.3 Å². The molecular weight excluding hydrogens is 354 g/mol. The number of carboxylic acid groups (broad SMARTS) is 1. The Kier molecular flexibility index (Phi) is 3.70. The number of carboxylic acids is 1. The van der Waals surface area contributed by atoms with E-state index in [9.17, 15) is 9.18 Å². The van der Waals surface area contributed by atoms with Crippen LogP contribution in [-0.2, 0) is 0 Å². The summed E-state index contributed by atoms with van der Waals surface area (Å²) in [4.78, 5) is 18.3. The van der Waals surface area contributed by atoms with Crippen molar-refractivity contribution in [3.63, 3.8) is 0 Å². The molecular formula is C11H6FIN2O3. The van der Waals surface area contributed by atoms with E-state index in [2.05, 4.69) is 9.97 Å². The SMILES string of the molecule is O=C(O)c1ccc(Oc2ncncc2I)cc1F. The van der Waals surface area contributed by atoms with E-state index in [4.69, 9.17) is 9.84 Å². The lowest BCUT2D eigenvalue weighted by atomic mass is 10.2. The van der Waals surface area contributed by atoms with Gasteiger partial charge in [-0.3, -0.25) is 0 Å². The predicted molar refractivity (Wildman–Crippen MR) is 68.2 cm³/mol. The highest BCUT2D eigenvalue weighted by molar-refractivity contribution is 14.1.